The van der Waals surface area contributed by atoms with Crippen molar-refractivity contribution >= 4 is 25.6 Å². The number of anilines is 1. The summed E-state index contributed by atoms with van der Waals surface area (Å²) in [5, 5.41) is 6.79. The Balaban J connectivity index is 1.62. The van der Waals surface area contributed by atoms with Gasteiger partial charge < -0.3 is 4.42 Å². The number of halogens is 3. The second-order valence-corrected chi connectivity index (χ2v) is 11.7. The van der Waals surface area contributed by atoms with Crippen LogP contribution in [0, 0.1) is 10.6 Å². The van der Waals surface area contributed by atoms with Gasteiger partial charge in [0.1, 0.15) is 5.82 Å². The van der Waals surface area contributed by atoms with Crippen LogP contribution in [0.3, 0.4) is 0 Å². The van der Waals surface area contributed by atoms with Crippen LogP contribution in [0.4, 0.5) is 18.9 Å². The quantitative estimate of drug-likeness (QED) is 0.510. The molecule has 0 aliphatic carbocycles. The average Bonchev–Trinajstić information content (AvgIpc) is 3.28. The normalized spacial score (nSPS) is 16.6. The molecule has 0 saturated carbocycles. The van der Waals surface area contributed by atoms with Crippen LogP contribution in [0.2, 0.25) is 0 Å². The number of pyridine rings is 1. The molecule has 1 fully saturated rings. The van der Waals surface area contributed by atoms with Gasteiger partial charge in [-0.1, -0.05) is 6.07 Å². The highest BCUT2D eigenvalue weighted by atomic mass is 32.2. The lowest BCUT2D eigenvalue weighted by Crippen LogP contribution is -2.50. The van der Waals surface area contributed by atoms with Gasteiger partial charge >= 0.3 is 16.6 Å². The molecule has 3 aromatic rings. The Morgan fingerprint density at radius 1 is 1.18 bits per heavy atom. The molecular formula is C19H19F3N6O4S2. The third kappa shape index (κ3) is 5.20. The van der Waals surface area contributed by atoms with Crippen LogP contribution in [0.1, 0.15) is 18.0 Å². The molecule has 4 rings (SSSR count). The van der Waals surface area contributed by atoms with Crippen LogP contribution in [0.25, 0.3) is 11.5 Å². The Morgan fingerprint density at radius 3 is 2.50 bits per heavy atom. The van der Waals surface area contributed by atoms with E-state index in [2.05, 4.69) is 15.2 Å². The zero-order valence-corrected chi connectivity index (χ0v) is 19.1. The van der Waals surface area contributed by atoms with Gasteiger partial charge in [0, 0.05) is 40.5 Å². The van der Waals surface area contributed by atoms with Crippen molar-refractivity contribution in [3.8, 4) is 11.5 Å². The van der Waals surface area contributed by atoms with Crippen molar-refractivity contribution < 1.29 is 30.2 Å². The molecule has 0 radical (unpaired) electrons. The van der Waals surface area contributed by atoms with Crippen LogP contribution in [-0.4, -0.2) is 56.7 Å². The van der Waals surface area contributed by atoms with Gasteiger partial charge in [-0.25, -0.2) is 8.60 Å². The lowest BCUT2D eigenvalue weighted by molar-refractivity contribution is 0.116. The van der Waals surface area contributed by atoms with E-state index in [9.17, 15) is 25.8 Å². The molecule has 1 aromatic carbocycles. The molecule has 1 N–H and O–H groups in total. The van der Waals surface area contributed by atoms with E-state index in [0.717, 1.165) is 14.7 Å². The molecule has 0 bridgehead atoms. The van der Waals surface area contributed by atoms with Crippen LogP contribution in [0.15, 0.2) is 47.0 Å². The van der Waals surface area contributed by atoms with E-state index in [1.54, 1.807) is 0 Å². The summed E-state index contributed by atoms with van der Waals surface area (Å²) >= 11 is 0. The summed E-state index contributed by atoms with van der Waals surface area (Å²) in [7, 11) is -7.01. The summed E-state index contributed by atoms with van der Waals surface area (Å²) in [6.07, 6.45) is -1.65. The second kappa shape index (κ2) is 9.31. The van der Waals surface area contributed by atoms with E-state index in [-0.39, 0.29) is 54.0 Å². The second-order valence-electron chi connectivity index (χ2n) is 7.40. The van der Waals surface area contributed by atoms with Crippen LogP contribution < -0.4 is 4.31 Å². The Morgan fingerprint density at radius 2 is 1.91 bits per heavy atom. The number of hydrogen-bond donors (Lipinski definition) is 1. The predicted octanol–water partition coefficient (Wildman–Crippen LogP) is 2.82. The first-order valence-electron chi connectivity index (χ1n) is 9.89. The summed E-state index contributed by atoms with van der Waals surface area (Å²) in [5.74, 6) is -1.83. The monoisotopic (exact) mass is 516 g/mol. The van der Waals surface area contributed by atoms with E-state index in [0.29, 0.717) is 0 Å². The molecule has 1 aliphatic heterocycles. The Labute approximate surface area is 193 Å². The summed E-state index contributed by atoms with van der Waals surface area (Å²) in [6, 6.07) is 7.95. The molecule has 1 aliphatic rings. The van der Waals surface area contributed by atoms with Crippen molar-refractivity contribution in [2.45, 2.75) is 13.0 Å². The number of benzene rings is 1. The number of aromatic nitrogens is 3. The molecule has 3 heterocycles. The van der Waals surface area contributed by atoms with Crippen molar-refractivity contribution in [3.05, 3.63) is 60.0 Å². The number of hydrogen-bond acceptors (Lipinski definition) is 8. The van der Waals surface area contributed by atoms with Crippen molar-refractivity contribution in [2.24, 2.45) is 0 Å². The van der Waals surface area contributed by atoms with Crippen molar-refractivity contribution in [3.63, 3.8) is 0 Å². The fourth-order valence-electron chi connectivity index (χ4n) is 3.25. The highest BCUT2D eigenvalue weighted by Crippen LogP contribution is 2.26. The topological polar surface area (TPSA) is 133 Å². The fraction of sp³-hybridized carbons (Fsp3) is 0.316. The van der Waals surface area contributed by atoms with Gasteiger partial charge in [0.15, 0.2) is 0 Å². The van der Waals surface area contributed by atoms with Crippen molar-refractivity contribution in [2.75, 3.05) is 28.9 Å². The van der Waals surface area contributed by atoms with Crippen LogP contribution in [-0.2, 0) is 26.5 Å². The summed E-state index contributed by atoms with van der Waals surface area (Å²) in [5.41, 5.74) is 0.581. The van der Waals surface area contributed by atoms with Crippen LogP contribution >= 0.6 is 0 Å². The number of nitrogens with one attached hydrogen (secondary N) is 1. The van der Waals surface area contributed by atoms with Gasteiger partial charge in [0.05, 0.1) is 23.5 Å². The van der Waals surface area contributed by atoms with E-state index < -0.39 is 38.1 Å². The summed E-state index contributed by atoms with van der Waals surface area (Å²) < 4.78 is 92.7. The fourth-order valence-corrected chi connectivity index (χ4v) is 6.31. The lowest BCUT2D eigenvalue weighted by atomic mass is 10.2. The summed E-state index contributed by atoms with van der Waals surface area (Å²) in [4.78, 5) is 4.17. The summed E-state index contributed by atoms with van der Waals surface area (Å²) in [6.45, 7) is -0.482. The first-order valence-corrected chi connectivity index (χ1v) is 13.2. The molecule has 15 heteroatoms. The average molecular weight is 517 g/mol. The lowest BCUT2D eigenvalue weighted by Gasteiger charge is -2.33. The number of nitrogens with zero attached hydrogens (tertiary/aromatic N) is 5. The molecule has 0 spiro atoms. The molecule has 0 unspecified atom stereocenters. The van der Waals surface area contributed by atoms with Gasteiger partial charge in [-0.3, -0.25) is 14.1 Å². The van der Waals surface area contributed by atoms with Crippen LogP contribution in [0.5, 0.6) is 0 Å². The standard InChI is InChI=1S/C19H19F3N6O4S2/c20-14-2-1-3-16(10-14)28(34(30,31)27-6-8-33(23,29)9-7-27)12-15-5-4-13(11-24-15)18-25-26-19(32-18)17(21)22/h1-5,10-11,17,23H,6-9,12H2. The van der Waals surface area contributed by atoms with Crippen molar-refractivity contribution in [1.82, 2.24) is 19.5 Å². The Bertz CT molecular complexity index is 1370. The minimum Gasteiger partial charge on any atom is -0.415 e. The first kappa shape index (κ1) is 24.1. The van der Waals surface area contributed by atoms with Crippen molar-refractivity contribution in [1.29, 1.82) is 4.78 Å². The van der Waals surface area contributed by atoms with E-state index in [1.807, 2.05) is 0 Å². The smallest absolute Gasteiger partial charge is 0.314 e. The number of rotatable bonds is 7. The molecule has 0 amide bonds. The minimum absolute atomic E-state index is 0.0570. The molecule has 10 nitrogen and oxygen atoms in total. The molecular weight excluding hydrogens is 497 g/mol. The first-order chi connectivity index (χ1) is 16.0. The Kier molecular flexibility index (Phi) is 6.60. The number of alkyl halides is 2. The van der Waals surface area contributed by atoms with E-state index in [4.69, 9.17) is 9.20 Å². The third-order valence-corrected chi connectivity index (χ3v) is 8.65. The van der Waals surface area contributed by atoms with E-state index in [1.165, 1.54) is 36.5 Å². The SMILES string of the molecule is N=S1(=O)CCN(S(=O)(=O)N(Cc2ccc(-c3nnc(C(F)F)o3)cn2)c2cccc(F)c2)CC1. The van der Waals surface area contributed by atoms with Gasteiger partial charge in [-0.2, -0.15) is 21.5 Å². The van der Waals surface area contributed by atoms with Gasteiger partial charge in [0.2, 0.25) is 5.89 Å². The largest absolute Gasteiger partial charge is 0.415 e. The molecule has 182 valence electrons. The van der Waals surface area contributed by atoms with Gasteiger partial charge in [-0.05, 0) is 30.3 Å². The zero-order chi connectivity index (χ0) is 24.5. The highest BCUT2D eigenvalue weighted by molar-refractivity contribution is 7.93. The third-order valence-electron chi connectivity index (χ3n) is 5.05. The van der Waals surface area contributed by atoms with E-state index >= 15 is 0 Å². The highest BCUT2D eigenvalue weighted by Gasteiger charge is 2.34. The maximum absolute atomic E-state index is 13.9. The predicted molar refractivity (Wildman–Crippen MR) is 116 cm³/mol. The maximum Gasteiger partial charge on any atom is 0.314 e. The maximum atomic E-state index is 13.9. The molecule has 34 heavy (non-hydrogen) atoms. The van der Waals surface area contributed by atoms with Gasteiger partial charge in [0.25, 0.3) is 5.89 Å². The minimum atomic E-state index is -4.18. The molecule has 1 saturated heterocycles. The molecule has 0 atom stereocenters. The zero-order valence-electron chi connectivity index (χ0n) is 17.5. The van der Waals surface area contributed by atoms with Gasteiger partial charge in [-0.15, -0.1) is 10.2 Å². The Hall–Kier alpha value is -3.04. The molecule has 2 aromatic heterocycles.